The highest BCUT2D eigenvalue weighted by Gasteiger charge is 2.14. The van der Waals surface area contributed by atoms with Crippen LogP contribution < -0.4 is 10.6 Å². The zero-order chi connectivity index (χ0) is 15.2. The third-order valence-corrected chi connectivity index (χ3v) is 2.77. The van der Waals surface area contributed by atoms with Crippen molar-refractivity contribution >= 4 is 17.4 Å². The molecule has 0 saturated carbocycles. The Morgan fingerprint density at radius 2 is 2.10 bits per heavy atom. The van der Waals surface area contributed by atoms with E-state index in [1.165, 1.54) is 0 Å². The summed E-state index contributed by atoms with van der Waals surface area (Å²) in [4.78, 5) is 16.3. The fourth-order valence-electron chi connectivity index (χ4n) is 1.76. The number of nitrogens with zero attached hydrogens (tertiary/aromatic N) is 1. The van der Waals surface area contributed by atoms with Gasteiger partial charge in [-0.15, -0.1) is 0 Å². The Balaban J connectivity index is 2.22. The first-order valence-corrected chi connectivity index (χ1v) is 6.57. The lowest BCUT2D eigenvalue weighted by atomic mass is 10.2. The minimum absolute atomic E-state index is 0.203. The van der Waals surface area contributed by atoms with Crippen molar-refractivity contribution in [2.45, 2.75) is 13.3 Å². The molecule has 1 aromatic heterocycles. The van der Waals surface area contributed by atoms with Gasteiger partial charge in [0.15, 0.2) is 0 Å². The number of halogens is 2. The van der Waals surface area contributed by atoms with Gasteiger partial charge in [0, 0.05) is 18.8 Å². The molecule has 1 amide bonds. The Labute approximate surface area is 121 Å². The van der Waals surface area contributed by atoms with E-state index in [1.54, 1.807) is 18.3 Å². The largest absolute Gasteiger partial charge is 0.369 e. The number of carbonyl (C=O) groups is 1. The summed E-state index contributed by atoms with van der Waals surface area (Å²) in [5.41, 5.74) is 0.0694. The smallest absolute Gasteiger partial charge is 0.259 e. The van der Waals surface area contributed by atoms with Crippen molar-refractivity contribution in [2.24, 2.45) is 0 Å². The normalized spacial score (nSPS) is 10.2. The first-order chi connectivity index (χ1) is 10.1. The predicted molar refractivity (Wildman–Crippen MR) is 77.3 cm³/mol. The van der Waals surface area contributed by atoms with Crippen LogP contribution in [0.5, 0.6) is 0 Å². The van der Waals surface area contributed by atoms with Crippen LogP contribution in [0.1, 0.15) is 23.7 Å². The zero-order valence-electron chi connectivity index (χ0n) is 11.5. The van der Waals surface area contributed by atoms with E-state index in [4.69, 9.17) is 0 Å². The van der Waals surface area contributed by atoms with Crippen LogP contribution in [0.3, 0.4) is 0 Å². The molecule has 0 saturated heterocycles. The molecule has 2 aromatic rings. The Bertz CT molecular complexity index is 647. The molecule has 6 heteroatoms. The molecule has 0 bridgehead atoms. The maximum Gasteiger partial charge on any atom is 0.259 e. The second kappa shape index (κ2) is 6.78. The number of amides is 1. The van der Waals surface area contributed by atoms with Crippen LogP contribution >= 0.6 is 0 Å². The molecular weight excluding hydrogens is 276 g/mol. The number of rotatable bonds is 5. The Kier molecular flexibility index (Phi) is 4.81. The van der Waals surface area contributed by atoms with Gasteiger partial charge in [0.25, 0.3) is 5.91 Å². The lowest BCUT2D eigenvalue weighted by Crippen LogP contribution is -2.16. The van der Waals surface area contributed by atoms with E-state index in [1.807, 2.05) is 6.92 Å². The maximum atomic E-state index is 13.5. The van der Waals surface area contributed by atoms with Gasteiger partial charge in [-0.05, 0) is 30.7 Å². The van der Waals surface area contributed by atoms with Crippen LogP contribution in [0.4, 0.5) is 20.3 Å². The third kappa shape index (κ3) is 3.75. The van der Waals surface area contributed by atoms with Gasteiger partial charge in [0.1, 0.15) is 17.5 Å². The van der Waals surface area contributed by atoms with Gasteiger partial charge in [-0.2, -0.15) is 0 Å². The van der Waals surface area contributed by atoms with Gasteiger partial charge >= 0.3 is 0 Å². The molecule has 2 rings (SSSR count). The average Bonchev–Trinajstić information content (AvgIpc) is 2.49. The number of carbonyl (C=O) groups excluding carboxylic acids is 1. The van der Waals surface area contributed by atoms with E-state index >= 15 is 0 Å². The molecule has 0 atom stereocenters. The van der Waals surface area contributed by atoms with Crippen LogP contribution in [-0.2, 0) is 0 Å². The second-order valence-corrected chi connectivity index (χ2v) is 4.40. The number of benzene rings is 1. The van der Waals surface area contributed by atoms with Gasteiger partial charge < -0.3 is 10.6 Å². The van der Waals surface area contributed by atoms with E-state index in [9.17, 15) is 13.6 Å². The van der Waals surface area contributed by atoms with Crippen molar-refractivity contribution in [3.63, 3.8) is 0 Å². The van der Waals surface area contributed by atoms with Crippen molar-refractivity contribution in [3.05, 3.63) is 53.7 Å². The van der Waals surface area contributed by atoms with Crippen molar-refractivity contribution in [1.29, 1.82) is 0 Å². The molecule has 2 N–H and O–H groups in total. The molecule has 0 aliphatic heterocycles. The topological polar surface area (TPSA) is 54.0 Å². The summed E-state index contributed by atoms with van der Waals surface area (Å²) in [5.74, 6) is -1.46. The summed E-state index contributed by atoms with van der Waals surface area (Å²) < 4.78 is 26.6. The monoisotopic (exact) mass is 291 g/mol. The van der Waals surface area contributed by atoms with E-state index in [0.29, 0.717) is 12.4 Å². The molecule has 0 unspecified atom stereocenters. The summed E-state index contributed by atoms with van der Waals surface area (Å²) in [7, 11) is 0. The maximum absolute atomic E-state index is 13.5. The fraction of sp³-hybridized carbons (Fsp3) is 0.200. The minimum atomic E-state index is -0.697. The van der Waals surface area contributed by atoms with Gasteiger partial charge in [0.2, 0.25) is 0 Å². The number of aromatic nitrogens is 1. The SMILES string of the molecule is CCCNc1ncccc1C(=O)Nc1cc(F)ccc1F. The Morgan fingerprint density at radius 1 is 1.29 bits per heavy atom. The van der Waals surface area contributed by atoms with Crippen molar-refractivity contribution in [1.82, 2.24) is 4.98 Å². The van der Waals surface area contributed by atoms with E-state index < -0.39 is 17.5 Å². The minimum Gasteiger partial charge on any atom is -0.369 e. The van der Waals surface area contributed by atoms with Crippen molar-refractivity contribution in [3.8, 4) is 0 Å². The Hall–Kier alpha value is -2.50. The van der Waals surface area contributed by atoms with E-state index in [2.05, 4.69) is 15.6 Å². The molecule has 4 nitrogen and oxygen atoms in total. The molecular formula is C15H15F2N3O. The molecule has 0 spiro atoms. The lowest BCUT2D eigenvalue weighted by molar-refractivity contribution is 0.102. The van der Waals surface area contributed by atoms with Crippen molar-refractivity contribution in [2.75, 3.05) is 17.2 Å². The lowest BCUT2D eigenvalue weighted by Gasteiger charge is -2.11. The first-order valence-electron chi connectivity index (χ1n) is 6.57. The van der Waals surface area contributed by atoms with E-state index in [-0.39, 0.29) is 11.3 Å². The highest BCUT2D eigenvalue weighted by molar-refractivity contribution is 6.07. The number of anilines is 2. The Morgan fingerprint density at radius 3 is 2.86 bits per heavy atom. The van der Waals surface area contributed by atoms with Crippen molar-refractivity contribution < 1.29 is 13.6 Å². The summed E-state index contributed by atoms with van der Waals surface area (Å²) in [6.07, 6.45) is 2.42. The number of hydrogen-bond acceptors (Lipinski definition) is 3. The zero-order valence-corrected chi connectivity index (χ0v) is 11.5. The molecule has 0 aliphatic carbocycles. The molecule has 1 aromatic carbocycles. The summed E-state index contributed by atoms with van der Waals surface area (Å²) in [6.45, 7) is 2.64. The quantitative estimate of drug-likeness (QED) is 0.887. The predicted octanol–water partition coefficient (Wildman–Crippen LogP) is 3.43. The highest BCUT2D eigenvalue weighted by atomic mass is 19.1. The highest BCUT2D eigenvalue weighted by Crippen LogP contribution is 2.18. The molecule has 110 valence electrons. The molecule has 1 heterocycles. The van der Waals surface area contributed by atoms with Gasteiger partial charge in [0.05, 0.1) is 11.3 Å². The van der Waals surface area contributed by atoms with Gasteiger partial charge in [-0.1, -0.05) is 6.92 Å². The first kappa shape index (κ1) is 14.9. The van der Waals surface area contributed by atoms with Crippen LogP contribution in [0.25, 0.3) is 0 Å². The van der Waals surface area contributed by atoms with Gasteiger partial charge in [-0.3, -0.25) is 4.79 Å². The number of pyridine rings is 1. The third-order valence-electron chi connectivity index (χ3n) is 2.77. The summed E-state index contributed by atoms with van der Waals surface area (Å²) in [6, 6.07) is 6.06. The second-order valence-electron chi connectivity index (χ2n) is 4.40. The average molecular weight is 291 g/mol. The molecule has 0 aliphatic rings. The fourth-order valence-corrected chi connectivity index (χ4v) is 1.76. The number of nitrogens with one attached hydrogen (secondary N) is 2. The van der Waals surface area contributed by atoms with Crippen LogP contribution in [0, 0.1) is 11.6 Å². The summed E-state index contributed by atoms with van der Waals surface area (Å²) in [5, 5.41) is 5.37. The van der Waals surface area contributed by atoms with Crippen LogP contribution in [0.2, 0.25) is 0 Å². The molecule has 21 heavy (non-hydrogen) atoms. The number of hydrogen-bond donors (Lipinski definition) is 2. The molecule has 0 radical (unpaired) electrons. The van der Waals surface area contributed by atoms with Crippen LogP contribution in [0.15, 0.2) is 36.5 Å². The molecule has 0 fully saturated rings. The van der Waals surface area contributed by atoms with Crippen LogP contribution in [-0.4, -0.2) is 17.4 Å². The van der Waals surface area contributed by atoms with Gasteiger partial charge in [-0.25, -0.2) is 13.8 Å². The summed E-state index contributed by atoms with van der Waals surface area (Å²) >= 11 is 0. The standard InChI is InChI=1S/C15H15F2N3O/c1-2-7-18-14-11(4-3-8-19-14)15(21)20-13-9-10(16)5-6-12(13)17/h3-6,8-9H,2,7H2,1H3,(H,18,19)(H,20,21). The van der Waals surface area contributed by atoms with E-state index in [0.717, 1.165) is 24.6 Å².